The second kappa shape index (κ2) is 6.66. The number of rotatable bonds is 6. The van der Waals surface area contributed by atoms with Crippen molar-refractivity contribution in [3.8, 4) is 6.07 Å². The molecule has 98 valence electrons. The van der Waals surface area contributed by atoms with Gasteiger partial charge in [0, 0.05) is 25.5 Å². The third kappa shape index (κ3) is 3.90. The van der Waals surface area contributed by atoms with Crippen LogP contribution in [0.15, 0.2) is 30.9 Å². The van der Waals surface area contributed by atoms with E-state index in [1.807, 2.05) is 29.2 Å². The van der Waals surface area contributed by atoms with E-state index in [1.165, 1.54) is 0 Å². The molecule has 5 nitrogen and oxygen atoms in total. The third-order valence-electron chi connectivity index (χ3n) is 2.72. The SMILES string of the molecule is CCCNCc1cn(Cc2ccnc(C#N)c2)cn1. The zero-order valence-electron chi connectivity index (χ0n) is 11.0. The van der Waals surface area contributed by atoms with Crippen molar-refractivity contribution < 1.29 is 0 Å². The Balaban J connectivity index is 1.97. The van der Waals surface area contributed by atoms with Gasteiger partial charge in [-0.05, 0) is 30.7 Å². The van der Waals surface area contributed by atoms with Crippen LogP contribution in [0.3, 0.4) is 0 Å². The molecule has 0 saturated heterocycles. The molecule has 19 heavy (non-hydrogen) atoms. The monoisotopic (exact) mass is 255 g/mol. The first kappa shape index (κ1) is 13.2. The molecule has 0 unspecified atom stereocenters. The molecule has 2 heterocycles. The summed E-state index contributed by atoms with van der Waals surface area (Å²) in [7, 11) is 0. The molecule has 0 atom stereocenters. The summed E-state index contributed by atoms with van der Waals surface area (Å²) in [5.41, 5.74) is 2.53. The Morgan fingerprint density at radius 1 is 1.42 bits per heavy atom. The van der Waals surface area contributed by atoms with Crippen molar-refractivity contribution >= 4 is 0 Å². The summed E-state index contributed by atoms with van der Waals surface area (Å²) in [5, 5.41) is 12.1. The standard InChI is InChI=1S/C14H17N5/c1-2-4-16-8-14-10-19(11-18-14)9-12-3-5-17-13(6-12)7-15/h3,5-6,10-11,16H,2,4,8-9H2,1H3. The number of pyridine rings is 1. The summed E-state index contributed by atoms with van der Waals surface area (Å²) < 4.78 is 2.01. The van der Waals surface area contributed by atoms with Gasteiger partial charge in [0.05, 0.1) is 12.0 Å². The first-order valence-corrected chi connectivity index (χ1v) is 6.38. The van der Waals surface area contributed by atoms with Crippen LogP contribution in [-0.2, 0) is 13.1 Å². The Bertz CT molecular complexity index is 567. The van der Waals surface area contributed by atoms with E-state index in [4.69, 9.17) is 5.26 Å². The van der Waals surface area contributed by atoms with Crippen molar-refractivity contribution in [3.63, 3.8) is 0 Å². The van der Waals surface area contributed by atoms with Crippen LogP contribution in [-0.4, -0.2) is 21.1 Å². The number of nitrogens with one attached hydrogen (secondary N) is 1. The normalized spacial score (nSPS) is 10.3. The van der Waals surface area contributed by atoms with Gasteiger partial charge in [0.15, 0.2) is 0 Å². The molecular formula is C14H17N5. The van der Waals surface area contributed by atoms with Gasteiger partial charge in [0.25, 0.3) is 0 Å². The fourth-order valence-electron chi connectivity index (χ4n) is 1.82. The van der Waals surface area contributed by atoms with Crippen molar-refractivity contribution in [2.45, 2.75) is 26.4 Å². The van der Waals surface area contributed by atoms with Crippen LogP contribution in [0, 0.1) is 11.3 Å². The maximum absolute atomic E-state index is 8.81. The molecule has 2 aromatic heterocycles. The van der Waals surface area contributed by atoms with E-state index in [0.29, 0.717) is 12.2 Å². The van der Waals surface area contributed by atoms with E-state index in [9.17, 15) is 0 Å². The minimum Gasteiger partial charge on any atom is -0.333 e. The Hall–Kier alpha value is -2.19. The predicted octanol–water partition coefficient (Wildman–Crippen LogP) is 1.70. The van der Waals surface area contributed by atoms with Gasteiger partial charge >= 0.3 is 0 Å². The number of aromatic nitrogens is 3. The van der Waals surface area contributed by atoms with Gasteiger partial charge in [-0.15, -0.1) is 0 Å². The molecule has 0 aromatic carbocycles. The summed E-state index contributed by atoms with van der Waals surface area (Å²) in [6.07, 6.45) is 6.62. The van der Waals surface area contributed by atoms with Crippen LogP contribution >= 0.6 is 0 Å². The molecule has 0 aliphatic rings. The summed E-state index contributed by atoms with van der Waals surface area (Å²) in [6, 6.07) is 5.76. The minimum atomic E-state index is 0.447. The number of hydrogen-bond donors (Lipinski definition) is 1. The van der Waals surface area contributed by atoms with Crippen molar-refractivity contribution in [1.82, 2.24) is 19.9 Å². The zero-order valence-corrected chi connectivity index (χ0v) is 11.0. The molecule has 5 heteroatoms. The molecule has 0 aliphatic heterocycles. The maximum Gasteiger partial charge on any atom is 0.140 e. The lowest BCUT2D eigenvalue weighted by Gasteiger charge is -2.02. The van der Waals surface area contributed by atoms with Crippen molar-refractivity contribution in [2.75, 3.05) is 6.54 Å². The van der Waals surface area contributed by atoms with Crippen molar-refractivity contribution in [1.29, 1.82) is 5.26 Å². The molecule has 1 N–H and O–H groups in total. The van der Waals surface area contributed by atoms with Crippen LogP contribution < -0.4 is 5.32 Å². The quantitative estimate of drug-likeness (QED) is 0.798. The molecule has 0 fully saturated rings. The van der Waals surface area contributed by atoms with Gasteiger partial charge in [0.1, 0.15) is 11.8 Å². The maximum atomic E-state index is 8.81. The number of hydrogen-bond acceptors (Lipinski definition) is 4. The molecular weight excluding hydrogens is 238 g/mol. The number of nitriles is 1. The van der Waals surface area contributed by atoms with Gasteiger partial charge in [-0.2, -0.15) is 5.26 Å². The van der Waals surface area contributed by atoms with Crippen LogP contribution in [0.25, 0.3) is 0 Å². The van der Waals surface area contributed by atoms with E-state index >= 15 is 0 Å². The summed E-state index contributed by atoms with van der Waals surface area (Å²) in [6.45, 7) is 4.64. The van der Waals surface area contributed by atoms with E-state index in [2.05, 4.69) is 22.2 Å². The fraction of sp³-hybridized carbons (Fsp3) is 0.357. The predicted molar refractivity (Wildman–Crippen MR) is 72.3 cm³/mol. The van der Waals surface area contributed by atoms with Gasteiger partial charge in [-0.25, -0.2) is 9.97 Å². The first-order valence-electron chi connectivity index (χ1n) is 6.38. The second-order valence-corrected chi connectivity index (χ2v) is 4.38. The van der Waals surface area contributed by atoms with Crippen molar-refractivity contribution in [3.05, 3.63) is 47.8 Å². The number of nitrogens with zero attached hydrogens (tertiary/aromatic N) is 4. The summed E-state index contributed by atoms with van der Waals surface area (Å²) in [5.74, 6) is 0. The molecule has 0 radical (unpaired) electrons. The van der Waals surface area contributed by atoms with Crippen LogP contribution in [0.4, 0.5) is 0 Å². The molecule has 2 aromatic rings. The van der Waals surface area contributed by atoms with Gasteiger partial charge in [-0.3, -0.25) is 0 Å². The number of imidazole rings is 1. The highest BCUT2D eigenvalue weighted by molar-refractivity contribution is 5.25. The Kier molecular flexibility index (Phi) is 4.65. The molecule has 0 bridgehead atoms. The Morgan fingerprint density at radius 2 is 2.32 bits per heavy atom. The molecule has 0 spiro atoms. The third-order valence-corrected chi connectivity index (χ3v) is 2.72. The topological polar surface area (TPSA) is 66.5 Å². The minimum absolute atomic E-state index is 0.447. The van der Waals surface area contributed by atoms with E-state index < -0.39 is 0 Å². The first-order chi connectivity index (χ1) is 9.31. The molecule has 0 amide bonds. The highest BCUT2D eigenvalue weighted by Gasteiger charge is 2.01. The lowest BCUT2D eigenvalue weighted by Crippen LogP contribution is -2.13. The molecule has 0 saturated carbocycles. The van der Waals surface area contributed by atoms with E-state index in [1.54, 1.807) is 12.3 Å². The van der Waals surface area contributed by atoms with E-state index in [-0.39, 0.29) is 0 Å². The van der Waals surface area contributed by atoms with Crippen molar-refractivity contribution in [2.24, 2.45) is 0 Å². The fourth-order valence-corrected chi connectivity index (χ4v) is 1.82. The lowest BCUT2D eigenvalue weighted by molar-refractivity contribution is 0.665. The van der Waals surface area contributed by atoms with Crippen LogP contribution in [0.5, 0.6) is 0 Å². The Labute approximate surface area is 112 Å². The second-order valence-electron chi connectivity index (χ2n) is 4.38. The Morgan fingerprint density at radius 3 is 3.11 bits per heavy atom. The molecule has 2 rings (SSSR count). The highest BCUT2D eigenvalue weighted by Crippen LogP contribution is 2.05. The van der Waals surface area contributed by atoms with Crippen LogP contribution in [0.1, 0.15) is 30.3 Å². The highest BCUT2D eigenvalue weighted by atomic mass is 15.0. The zero-order chi connectivity index (χ0) is 13.5. The average Bonchev–Trinajstić information content (AvgIpc) is 2.87. The largest absolute Gasteiger partial charge is 0.333 e. The van der Waals surface area contributed by atoms with E-state index in [0.717, 1.165) is 30.8 Å². The van der Waals surface area contributed by atoms with Gasteiger partial charge in [0.2, 0.25) is 0 Å². The van der Waals surface area contributed by atoms with Crippen LogP contribution in [0.2, 0.25) is 0 Å². The van der Waals surface area contributed by atoms with Gasteiger partial charge in [-0.1, -0.05) is 6.92 Å². The van der Waals surface area contributed by atoms with Gasteiger partial charge < -0.3 is 9.88 Å². The summed E-state index contributed by atoms with van der Waals surface area (Å²) in [4.78, 5) is 8.31. The average molecular weight is 255 g/mol. The molecule has 0 aliphatic carbocycles. The lowest BCUT2D eigenvalue weighted by atomic mass is 10.2. The summed E-state index contributed by atoms with van der Waals surface area (Å²) >= 11 is 0. The smallest absolute Gasteiger partial charge is 0.140 e.